The van der Waals surface area contributed by atoms with Gasteiger partial charge in [-0.3, -0.25) is 4.79 Å². The molecule has 122 valence electrons. The molecule has 1 rings (SSSR count). The lowest BCUT2D eigenvalue weighted by atomic mass is 10.1. The quantitative estimate of drug-likeness (QED) is 0.848. The molecule has 7 heteroatoms. The fourth-order valence-electron chi connectivity index (χ4n) is 1.59. The summed E-state index contributed by atoms with van der Waals surface area (Å²) < 4.78 is 27.8. The van der Waals surface area contributed by atoms with Gasteiger partial charge in [-0.25, -0.2) is 13.2 Å². The van der Waals surface area contributed by atoms with Gasteiger partial charge in [-0.2, -0.15) is 0 Å². The fourth-order valence-corrected chi connectivity index (χ4v) is 2.22. The molecule has 1 aromatic carbocycles. The van der Waals surface area contributed by atoms with E-state index in [-0.39, 0.29) is 10.5 Å². The van der Waals surface area contributed by atoms with Gasteiger partial charge in [0, 0.05) is 11.8 Å². The molecule has 1 atom stereocenters. The Morgan fingerprint density at radius 2 is 1.64 bits per heavy atom. The van der Waals surface area contributed by atoms with E-state index < -0.39 is 33.4 Å². The molecule has 0 saturated heterocycles. The Kier molecular flexibility index (Phi) is 5.35. The average Bonchev–Trinajstić information content (AvgIpc) is 2.35. The van der Waals surface area contributed by atoms with Crippen molar-refractivity contribution in [1.82, 2.24) is 5.32 Å². The lowest BCUT2D eigenvalue weighted by Crippen LogP contribution is -2.46. The van der Waals surface area contributed by atoms with Crippen molar-refractivity contribution in [1.29, 1.82) is 0 Å². The summed E-state index contributed by atoms with van der Waals surface area (Å²) >= 11 is 0. The van der Waals surface area contributed by atoms with Gasteiger partial charge in [0.05, 0.1) is 10.5 Å². The summed E-state index contributed by atoms with van der Waals surface area (Å²) in [7, 11) is -3.32. The predicted molar refractivity (Wildman–Crippen MR) is 82.3 cm³/mol. The molecule has 0 unspecified atom stereocenters. The van der Waals surface area contributed by atoms with E-state index in [1.807, 2.05) is 20.8 Å². The summed E-state index contributed by atoms with van der Waals surface area (Å²) in [6.45, 7) is 6.94. The van der Waals surface area contributed by atoms with Crippen LogP contribution in [0.5, 0.6) is 0 Å². The third-order valence-corrected chi connectivity index (χ3v) is 3.80. The second-order valence-electron chi connectivity index (χ2n) is 6.08. The van der Waals surface area contributed by atoms with Gasteiger partial charge in [0.1, 0.15) is 0 Å². The Morgan fingerprint density at radius 3 is 2.05 bits per heavy atom. The molecular formula is C15H21NO5S. The highest BCUT2D eigenvalue weighted by atomic mass is 32.2. The maximum atomic E-state index is 11.9. The lowest BCUT2D eigenvalue weighted by Gasteiger charge is -2.23. The zero-order chi connectivity index (χ0) is 17.1. The van der Waals surface area contributed by atoms with Crippen molar-refractivity contribution < 1.29 is 22.7 Å². The van der Waals surface area contributed by atoms with Crippen molar-refractivity contribution in [3.05, 3.63) is 29.8 Å². The number of hydrogen-bond acceptors (Lipinski definition) is 5. The Morgan fingerprint density at radius 1 is 1.14 bits per heavy atom. The lowest BCUT2D eigenvalue weighted by molar-refractivity contribution is -0.130. The van der Waals surface area contributed by atoms with E-state index >= 15 is 0 Å². The highest BCUT2D eigenvalue weighted by Crippen LogP contribution is 2.12. The minimum atomic E-state index is -3.32. The number of esters is 1. The van der Waals surface area contributed by atoms with Crippen molar-refractivity contribution in [2.75, 3.05) is 6.26 Å². The highest BCUT2D eigenvalue weighted by molar-refractivity contribution is 7.90. The van der Waals surface area contributed by atoms with E-state index in [0.29, 0.717) is 0 Å². The summed E-state index contributed by atoms with van der Waals surface area (Å²) in [5.74, 6) is -1.08. The molecule has 0 fully saturated rings. The van der Waals surface area contributed by atoms with Crippen LogP contribution in [0.1, 0.15) is 38.1 Å². The summed E-state index contributed by atoms with van der Waals surface area (Å²) in [6, 6.07) is 5.36. The van der Waals surface area contributed by atoms with Crippen LogP contribution in [0.4, 0.5) is 0 Å². The summed E-state index contributed by atoms with van der Waals surface area (Å²) in [4.78, 5) is 23.9. The molecule has 0 radical (unpaired) electrons. The Balaban J connectivity index is 2.75. The van der Waals surface area contributed by atoms with E-state index in [1.54, 1.807) is 0 Å². The van der Waals surface area contributed by atoms with Gasteiger partial charge in [-0.05, 0) is 52.0 Å². The number of carbonyl (C=O) groups is 2. The highest BCUT2D eigenvalue weighted by Gasteiger charge is 2.23. The average molecular weight is 327 g/mol. The Bertz CT molecular complexity index is 656. The first-order valence-electron chi connectivity index (χ1n) is 6.73. The van der Waals surface area contributed by atoms with E-state index in [1.165, 1.54) is 31.2 Å². The SMILES string of the molecule is C[C@@H](OC(=O)c1ccc(S(C)(=O)=O)cc1)C(=O)NC(C)(C)C. The second-order valence-corrected chi connectivity index (χ2v) is 8.10. The molecule has 1 aromatic rings. The number of carbonyl (C=O) groups excluding carboxylic acids is 2. The van der Waals surface area contributed by atoms with Crippen LogP contribution in [0.15, 0.2) is 29.2 Å². The van der Waals surface area contributed by atoms with Crippen molar-refractivity contribution in [3.8, 4) is 0 Å². The third-order valence-electron chi connectivity index (χ3n) is 2.67. The molecule has 6 nitrogen and oxygen atoms in total. The van der Waals surface area contributed by atoms with Crippen LogP contribution in [0, 0.1) is 0 Å². The van der Waals surface area contributed by atoms with Crippen LogP contribution >= 0.6 is 0 Å². The zero-order valence-corrected chi connectivity index (χ0v) is 14.2. The van der Waals surface area contributed by atoms with Gasteiger partial charge in [0.25, 0.3) is 5.91 Å². The van der Waals surface area contributed by atoms with Crippen LogP contribution in [0.2, 0.25) is 0 Å². The summed E-state index contributed by atoms with van der Waals surface area (Å²) in [5.41, 5.74) is -0.239. The minimum absolute atomic E-state index is 0.113. The minimum Gasteiger partial charge on any atom is -0.449 e. The molecule has 0 aliphatic rings. The van der Waals surface area contributed by atoms with Gasteiger partial charge < -0.3 is 10.1 Å². The molecule has 1 amide bonds. The monoisotopic (exact) mass is 327 g/mol. The maximum Gasteiger partial charge on any atom is 0.338 e. The van der Waals surface area contributed by atoms with Crippen molar-refractivity contribution in [3.63, 3.8) is 0 Å². The largest absolute Gasteiger partial charge is 0.449 e. The van der Waals surface area contributed by atoms with E-state index in [2.05, 4.69) is 5.32 Å². The van der Waals surface area contributed by atoms with Gasteiger partial charge in [0.15, 0.2) is 15.9 Å². The van der Waals surface area contributed by atoms with Crippen LogP contribution < -0.4 is 5.32 Å². The summed E-state index contributed by atoms with van der Waals surface area (Å²) in [5, 5.41) is 2.71. The van der Waals surface area contributed by atoms with Crippen molar-refractivity contribution >= 4 is 21.7 Å². The third kappa shape index (κ3) is 5.48. The zero-order valence-electron chi connectivity index (χ0n) is 13.3. The smallest absolute Gasteiger partial charge is 0.338 e. The Labute approximate surface area is 130 Å². The number of rotatable bonds is 4. The second kappa shape index (κ2) is 6.48. The number of amides is 1. The molecule has 0 bridgehead atoms. The van der Waals surface area contributed by atoms with Gasteiger partial charge in [-0.15, -0.1) is 0 Å². The standard InChI is InChI=1S/C15H21NO5S/c1-10(13(17)16-15(2,3)4)21-14(18)11-6-8-12(9-7-11)22(5,19)20/h6-10H,1-5H3,(H,16,17)/t10-/m1/s1. The number of benzene rings is 1. The predicted octanol–water partition coefficient (Wildman–Crippen LogP) is 1.55. The first-order valence-corrected chi connectivity index (χ1v) is 8.62. The molecule has 1 N–H and O–H groups in total. The van der Waals surface area contributed by atoms with Crippen LogP contribution in [0.3, 0.4) is 0 Å². The van der Waals surface area contributed by atoms with Gasteiger partial charge in [-0.1, -0.05) is 0 Å². The van der Waals surface area contributed by atoms with Crippen molar-refractivity contribution in [2.24, 2.45) is 0 Å². The van der Waals surface area contributed by atoms with Gasteiger partial charge >= 0.3 is 5.97 Å². The van der Waals surface area contributed by atoms with Crippen LogP contribution in [-0.2, 0) is 19.4 Å². The summed E-state index contributed by atoms with van der Waals surface area (Å²) in [6.07, 6.45) is 0.139. The normalized spacial score (nSPS) is 13.3. The van der Waals surface area contributed by atoms with Crippen molar-refractivity contribution in [2.45, 2.75) is 44.2 Å². The topological polar surface area (TPSA) is 89.5 Å². The first kappa shape index (κ1) is 18.2. The first-order chi connectivity index (χ1) is 9.90. The molecule has 0 saturated carbocycles. The number of hydrogen-bond donors (Lipinski definition) is 1. The number of nitrogens with one attached hydrogen (secondary N) is 1. The fraction of sp³-hybridized carbons (Fsp3) is 0.467. The van der Waals surface area contributed by atoms with E-state index in [9.17, 15) is 18.0 Å². The van der Waals surface area contributed by atoms with E-state index in [0.717, 1.165) is 6.26 Å². The number of ether oxygens (including phenoxy) is 1. The molecule has 0 spiro atoms. The molecule has 0 aliphatic carbocycles. The maximum absolute atomic E-state index is 11.9. The molecule has 0 heterocycles. The molecule has 0 aliphatic heterocycles. The molecular weight excluding hydrogens is 306 g/mol. The molecule has 22 heavy (non-hydrogen) atoms. The van der Waals surface area contributed by atoms with Crippen LogP contribution in [-0.4, -0.2) is 38.2 Å². The van der Waals surface area contributed by atoms with Gasteiger partial charge in [0.2, 0.25) is 0 Å². The van der Waals surface area contributed by atoms with E-state index in [4.69, 9.17) is 4.74 Å². The Hall–Kier alpha value is -1.89. The van der Waals surface area contributed by atoms with Crippen LogP contribution in [0.25, 0.3) is 0 Å². The number of sulfone groups is 1. The molecule has 0 aromatic heterocycles.